The molecule has 1 fully saturated rings. The zero-order valence-corrected chi connectivity index (χ0v) is 16.8. The molecule has 0 unspecified atom stereocenters. The van der Waals surface area contributed by atoms with Gasteiger partial charge in [0, 0.05) is 17.6 Å². The number of amides is 1. The van der Waals surface area contributed by atoms with Crippen LogP contribution >= 0.6 is 24.0 Å². The first kappa shape index (κ1) is 18.5. The standard InChI is InChI=1S/C21H16N2O3S2/c1-25-14-7-8-17(18(12-14)26-2)23-20(24)19(28-21(23)27)11-13-9-10-22-16-6-4-3-5-15(13)16/h3-12H,1-2H3/b19-11-. The molecule has 5 nitrogen and oxygen atoms in total. The lowest BCUT2D eigenvalue weighted by atomic mass is 10.1. The minimum absolute atomic E-state index is 0.181. The third-order valence-corrected chi connectivity index (χ3v) is 5.69. The average molecular weight is 409 g/mol. The Labute approximate surface area is 172 Å². The molecule has 4 rings (SSSR count). The topological polar surface area (TPSA) is 51.7 Å². The number of thioether (sulfide) groups is 1. The Morgan fingerprint density at radius 2 is 1.93 bits per heavy atom. The number of hydrogen-bond donors (Lipinski definition) is 0. The van der Waals surface area contributed by atoms with Crippen LogP contribution in [0.25, 0.3) is 17.0 Å². The summed E-state index contributed by atoms with van der Waals surface area (Å²) in [5.41, 5.74) is 2.39. The number of benzene rings is 2. The summed E-state index contributed by atoms with van der Waals surface area (Å²) >= 11 is 6.76. The van der Waals surface area contributed by atoms with Gasteiger partial charge in [-0.2, -0.15) is 0 Å². The molecule has 0 N–H and O–H groups in total. The normalized spacial score (nSPS) is 15.5. The maximum Gasteiger partial charge on any atom is 0.270 e. The monoisotopic (exact) mass is 408 g/mol. The third-order valence-electron chi connectivity index (χ3n) is 4.39. The molecule has 0 saturated carbocycles. The van der Waals surface area contributed by atoms with E-state index in [0.29, 0.717) is 26.4 Å². The highest BCUT2D eigenvalue weighted by atomic mass is 32.2. The molecular formula is C21H16N2O3S2. The number of pyridine rings is 1. The first-order chi connectivity index (χ1) is 13.6. The van der Waals surface area contributed by atoms with Gasteiger partial charge in [-0.3, -0.25) is 14.7 Å². The molecule has 2 aromatic carbocycles. The predicted molar refractivity (Wildman–Crippen MR) is 117 cm³/mol. The van der Waals surface area contributed by atoms with E-state index >= 15 is 0 Å². The molecule has 1 saturated heterocycles. The Morgan fingerprint density at radius 3 is 2.71 bits per heavy atom. The molecular weight excluding hydrogens is 392 g/mol. The summed E-state index contributed by atoms with van der Waals surface area (Å²) in [7, 11) is 3.13. The summed E-state index contributed by atoms with van der Waals surface area (Å²) < 4.78 is 11.1. The van der Waals surface area contributed by atoms with Crippen molar-refractivity contribution in [2.24, 2.45) is 0 Å². The fourth-order valence-electron chi connectivity index (χ4n) is 3.03. The number of nitrogens with zero attached hydrogens (tertiary/aromatic N) is 2. The molecule has 0 bridgehead atoms. The van der Waals surface area contributed by atoms with Crippen LogP contribution in [0.1, 0.15) is 5.56 Å². The molecule has 140 valence electrons. The molecule has 3 aromatic rings. The van der Waals surface area contributed by atoms with Gasteiger partial charge in [0.25, 0.3) is 5.91 Å². The molecule has 0 radical (unpaired) electrons. The highest BCUT2D eigenvalue weighted by molar-refractivity contribution is 8.27. The Kier molecular flexibility index (Phi) is 5.02. The second-order valence-electron chi connectivity index (χ2n) is 5.97. The molecule has 1 aliphatic rings. The maximum absolute atomic E-state index is 13.1. The van der Waals surface area contributed by atoms with E-state index in [2.05, 4.69) is 4.98 Å². The molecule has 1 aromatic heterocycles. The lowest BCUT2D eigenvalue weighted by Gasteiger charge is -2.18. The van der Waals surface area contributed by atoms with E-state index in [0.717, 1.165) is 16.5 Å². The smallest absolute Gasteiger partial charge is 0.270 e. The van der Waals surface area contributed by atoms with Crippen LogP contribution in [-0.4, -0.2) is 29.4 Å². The molecule has 0 atom stereocenters. The van der Waals surface area contributed by atoms with Crippen LogP contribution in [0, 0.1) is 0 Å². The third kappa shape index (κ3) is 3.23. The van der Waals surface area contributed by atoms with Gasteiger partial charge in [0.2, 0.25) is 0 Å². The second-order valence-corrected chi connectivity index (χ2v) is 7.65. The Balaban J connectivity index is 1.74. The summed E-state index contributed by atoms with van der Waals surface area (Å²) in [4.78, 5) is 19.5. The van der Waals surface area contributed by atoms with Crippen molar-refractivity contribution in [2.45, 2.75) is 0 Å². The lowest BCUT2D eigenvalue weighted by molar-refractivity contribution is -0.113. The van der Waals surface area contributed by atoms with Gasteiger partial charge in [0.1, 0.15) is 11.5 Å². The summed E-state index contributed by atoms with van der Waals surface area (Å²) in [6, 6.07) is 15.0. The zero-order valence-electron chi connectivity index (χ0n) is 15.2. The number of rotatable bonds is 4. The molecule has 1 amide bonds. The van der Waals surface area contributed by atoms with Gasteiger partial charge in [-0.15, -0.1) is 0 Å². The SMILES string of the molecule is COc1ccc(N2C(=O)/C(=C/c3ccnc4ccccc34)SC2=S)c(OC)c1. The fraction of sp³-hybridized carbons (Fsp3) is 0.0952. The quantitative estimate of drug-likeness (QED) is 0.462. The highest BCUT2D eigenvalue weighted by Crippen LogP contribution is 2.41. The largest absolute Gasteiger partial charge is 0.497 e. The van der Waals surface area contributed by atoms with Gasteiger partial charge in [-0.05, 0) is 35.9 Å². The lowest BCUT2D eigenvalue weighted by Crippen LogP contribution is -2.27. The van der Waals surface area contributed by atoms with Crippen LogP contribution in [0.2, 0.25) is 0 Å². The number of fused-ring (bicyclic) bond motifs is 1. The number of carbonyl (C=O) groups excluding carboxylic acids is 1. The van der Waals surface area contributed by atoms with E-state index in [1.165, 1.54) is 16.7 Å². The fourth-order valence-corrected chi connectivity index (χ4v) is 4.31. The molecule has 28 heavy (non-hydrogen) atoms. The summed E-state index contributed by atoms with van der Waals surface area (Å²) in [6.45, 7) is 0. The minimum atomic E-state index is -0.181. The maximum atomic E-state index is 13.1. The number of ether oxygens (including phenoxy) is 2. The number of para-hydroxylation sites is 1. The summed E-state index contributed by atoms with van der Waals surface area (Å²) in [5, 5.41) is 0.984. The van der Waals surface area contributed by atoms with E-state index in [1.54, 1.807) is 38.6 Å². The first-order valence-electron chi connectivity index (χ1n) is 8.46. The van der Waals surface area contributed by atoms with Crippen molar-refractivity contribution in [3.8, 4) is 11.5 Å². The van der Waals surface area contributed by atoms with E-state index in [9.17, 15) is 4.79 Å². The number of anilines is 1. The van der Waals surface area contributed by atoms with Crippen molar-refractivity contribution in [2.75, 3.05) is 19.1 Å². The van der Waals surface area contributed by atoms with Crippen LogP contribution in [0.3, 0.4) is 0 Å². The van der Waals surface area contributed by atoms with Gasteiger partial charge in [-0.1, -0.05) is 42.2 Å². The van der Waals surface area contributed by atoms with Crippen molar-refractivity contribution in [3.63, 3.8) is 0 Å². The van der Waals surface area contributed by atoms with Crippen molar-refractivity contribution in [3.05, 3.63) is 65.2 Å². The zero-order chi connectivity index (χ0) is 19.7. The van der Waals surface area contributed by atoms with Crippen LogP contribution in [0.5, 0.6) is 11.5 Å². The number of carbonyl (C=O) groups is 1. The van der Waals surface area contributed by atoms with E-state index in [4.69, 9.17) is 21.7 Å². The van der Waals surface area contributed by atoms with Gasteiger partial charge in [0.15, 0.2) is 4.32 Å². The first-order valence-corrected chi connectivity index (χ1v) is 9.68. The molecule has 2 heterocycles. The molecule has 7 heteroatoms. The predicted octanol–water partition coefficient (Wildman–Crippen LogP) is 4.66. The van der Waals surface area contributed by atoms with E-state index in [1.807, 2.05) is 36.4 Å². The van der Waals surface area contributed by atoms with Gasteiger partial charge >= 0.3 is 0 Å². The number of aromatic nitrogens is 1. The Bertz CT molecular complexity index is 1120. The minimum Gasteiger partial charge on any atom is -0.497 e. The number of methoxy groups -OCH3 is 2. The summed E-state index contributed by atoms with van der Waals surface area (Å²) in [5.74, 6) is 0.982. The number of thiocarbonyl (C=S) groups is 1. The van der Waals surface area contributed by atoms with Crippen molar-refractivity contribution in [1.82, 2.24) is 4.98 Å². The van der Waals surface area contributed by atoms with Gasteiger partial charge in [0.05, 0.1) is 30.3 Å². The second kappa shape index (κ2) is 7.61. The number of hydrogen-bond acceptors (Lipinski definition) is 6. The molecule has 1 aliphatic heterocycles. The van der Waals surface area contributed by atoms with Gasteiger partial charge in [-0.25, -0.2) is 0 Å². The van der Waals surface area contributed by atoms with Crippen molar-refractivity contribution < 1.29 is 14.3 Å². The summed E-state index contributed by atoms with van der Waals surface area (Å²) in [6.07, 6.45) is 3.60. The van der Waals surface area contributed by atoms with Crippen LogP contribution in [0.15, 0.2) is 59.6 Å². The van der Waals surface area contributed by atoms with E-state index in [-0.39, 0.29) is 5.91 Å². The van der Waals surface area contributed by atoms with Crippen molar-refractivity contribution in [1.29, 1.82) is 0 Å². The van der Waals surface area contributed by atoms with E-state index < -0.39 is 0 Å². The average Bonchev–Trinajstić information content (AvgIpc) is 3.00. The van der Waals surface area contributed by atoms with Gasteiger partial charge < -0.3 is 9.47 Å². The van der Waals surface area contributed by atoms with Crippen LogP contribution < -0.4 is 14.4 Å². The molecule has 0 aliphatic carbocycles. The highest BCUT2D eigenvalue weighted by Gasteiger charge is 2.35. The molecule has 0 spiro atoms. The van der Waals surface area contributed by atoms with Crippen LogP contribution in [0.4, 0.5) is 5.69 Å². The van der Waals surface area contributed by atoms with Crippen LogP contribution in [-0.2, 0) is 4.79 Å². The Hall–Kier alpha value is -2.90. The van der Waals surface area contributed by atoms with Crippen molar-refractivity contribution >= 4 is 56.9 Å². The Morgan fingerprint density at radius 1 is 1.11 bits per heavy atom.